The number of carbonyl (C=O) groups is 1. The van der Waals surface area contributed by atoms with E-state index in [4.69, 9.17) is 0 Å². The van der Waals surface area contributed by atoms with E-state index in [2.05, 4.69) is 4.90 Å². The highest BCUT2D eigenvalue weighted by molar-refractivity contribution is 5.78. The minimum Gasteiger partial charge on any atom is -0.303 e. The first kappa shape index (κ1) is 8.72. The van der Waals surface area contributed by atoms with Crippen molar-refractivity contribution in [3.63, 3.8) is 0 Å². The van der Waals surface area contributed by atoms with E-state index in [9.17, 15) is 4.79 Å². The van der Waals surface area contributed by atoms with E-state index in [0.717, 1.165) is 13.0 Å². The third-order valence-electron chi connectivity index (χ3n) is 2.30. The summed E-state index contributed by atoms with van der Waals surface area (Å²) in [6.07, 6.45) is 4.10. The molecule has 0 aromatic rings. The second-order valence-corrected chi connectivity index (χ2v) is 3.19. The van der Waals surface area contributed by atoms with Crippen LogP contribution in [0.4, 0.5) is 0 Å². The van der Waals surface area contributed by atoms with Gasteiger partial charge in [0.1, 0.15) is 5.78 Å². The van der Waals surface area contributed by atoms with Gasteiger partial charge in [0, 0.05) is 19.4 Å². The van der Waals surface area contributed by atoms with Crippen molar-refractivity contribution in [2.24, 2.45) is 0 Å². The molecule has 0 atom stereocenters. The van der Waals surface area contributed by atoms with Crippen molar-refractivity contribution in [1.29, 1.82) is 0 Å². The summed E-state index contributed by atoms with van der Waals surface area (Å²) in [4.78, 5) is 13.3. The van der Waals surface area contributed by atoms with Crippen LogP contribution >= 0.6 is 0 Å². The lowest BCUT2D eigenvalue weighted by Gasteiger charge is -2.12. The molecule has 1 rings (SSSR count). The van der Waals surface area contributed by atoms with Gasteiger partial charge in [-0.15, -0.1) is 0 Å². The summed E-state index contributed by atoms with van der Waals surface area (Å²) in [5.74, 6) is 0.400. The highest BCUT2D eigenvalue weighted by atomic mass is 16.1. The molecule has 11 heavy (non-hydrogen) atoms. The van der Waals surface area contributed by atoms with Crippen LogP contribution in [0, 0.1) is 0 Å². The van der Waals surface area contributed by atoms with Gasteiger partial charge in [-0.1, -0.05) is 6.92 Å². The zero-order valence-corrected chi connectivity index (χ0v) is 7.31. The van der Waals surface area contributed by atoms with Gasteiger partial charge in [-0.25, -0.2) is 0 Å². The predicted octanol–water partition coefficient (Wildman–Crippen LogP) is 1.45. The highest BCUT2D eigenvalue weighted by Gasteiger charge is 2.11. The van der Waals surface area contributed by atoms with Crippen LogP contribution in [-0.2, 0) is 4.79 Å². The van der Waals surface area contributed by atoms with Gasteiger partial charge in [0.15, 0.2) is 0 Å². The molecule has 2 heteroatoms. The van der Waals surface area contributed by atoms with Crippen LogP contribution in [0.5, 0.6) is 0 Å². The lowest BCUT2D eigenvalue weighted by atomic mass is 10.2. The third kappa shape index (κ3) is 3.02. The predicted molar refractivity (Wildman–Crippen MR) is 45.6 cm³/mol. The van der Waals surface area contributed by atoms with E-state index in [-0.39, 0.29) is 0 Å². The Labute approximate surface area is 68.6 Å². The van der Waals surface area contributed by atoms with Gasteiger partial charge in [0.2, 0.25) is 0 Å². The molecule has 0 radical (unpaired) electrons. The Morgan fingerprint density at radius 2 is 2.00 bits per heavy atom. The molecule has 0 N–H and O–H groups in total. The maximum atomic E-state index is 10.9. The fraction of sp³-hybridized carbons (Fsp3) is 0.889. The van der Waals surface area contributed by atoms with Crippen LogP contribution in [0.1, 0.15) is 32.6 Å². The quantitative estimate of drug-likeness (QED) is 0.612. The Kier molecular flexibility index (Phi) is 3.57. The fourth-order valence-electron chi connectivity index (χ4n) is 1.47. The Balaban J connectivity index is 2.06. The van der Waals surface area contributed by atoms with Gasteiger partial charge in [0.25, 0.3) is 0 Å². The molecule has 1 saturated heterocycles. The number of rotatable bonds is 4. The number of likely N-dealkylation sites (tertiary alicyclic amines) is 1. The molecule has 0 saturated carbocycles. The second kappa shape index (κ2) is 4.50. The Morgan fingerprint density at radius 3 is 2.55 bits per heavy atom. The van der Waals surface area contributed by atoms with Crippen LogP contribution in [0.15, 0.2) is 0 Å². The minimum absolute atomic E-state index is 0.400. The van der Waals surface area contributed by atoms with Gasteiger partial charge in [-0.05, 0) is 25.9 Å². The van der Waals surface area contributed by atoms with Crippen molar-refractivity contribution in [1.82, 2.24) is 4.90 Å². The molecule has 0 spiro atoms. The summed E-state index contributed by atoms with van der Waals surface area (Å²) in [6.45, 7) is 5.34. The van der Waals surface area contributed by atoms with E-state index >= 15 is 0 Å². The van der Waals surface area contributed by atoms with Crippen LogP contribution in [0.2, 0.25) is 0 Å². The number of Topliss-reactive ketones (excluding diaryl/α,β-unsaturated/α-hetero) is 1. The van der Waals surface area contributed by atoms with E-state index in [0.29, 0.717) is 12.2 Å². The molecule has 2 nitrogen and oxygen atoms in total. The molecule has 0 aromatic carbocycles. The van der Waals surface area contributed by atoms with Crippen LogP contribution < -0.4 is 0 Å². The number of ketones is 1. The summed E-state index contributed by atoms with van der Waals surface area (Å²) in [7, 11) is 0. The van der Waals surface area contributed by atoms with E-state index in [1.165, 1.54) is 25.9 Å². The van der Waals surface area contributed by atoms with Gasteiger partial charge in [0.05, 0.1) is 0 Å². The van der Waals surface area contributed by atoms with Crippen LogP contribution in [0.3, 0.4) is 0 Å². The number of hydrogen-bond acceptors (Lipinski definition) is 2. The number of hydrogen-bond donors (Lipinski definition) is 0. The van der Waals surface area contributed by atoms with Gasteiger partial charge in [-0.2, -0.15) is 0 Å². The average Bonchev–Trinajstić information content (AvgIpc) is 2.52. The normalized spacial score (nSPS) is 19.0. The third-order valence-corrected chi connectivity index (χ3v) is 2.30. The van der Waals surface area contributed by atoms with Gasteiger partial charge in [-0.3, -0.25) is 4.79 Å². The summed E-state index contributed by atoms with van der Waals surface area (Å²) < 4.78 is 0. The monoisotopic (exact) mass is 155 g/mol. The smallest absolute Gasteiger partial charge is 0.133 e. The molecule has 0 amide bonds. The van der Waals surface area contributed by atoms with Gasteiger partial charge >= 0.3 is 0 Å². The van der Waals surface area contributed by atoms with E-state index < -0.39 is 0 Å². The summed E-state index contributed by atoms with van der Waals surface area (Å²) in [5, 5.41) is 0. The van der Waals surface area contributed by atoms with Crippen molar-refractivity contribution < 1.29 is 4.79 Å². The molecule has 1 aliphatic heterocycles. The first-order valence-electron chi connectivity index (χ1n) is 4.57. The average molecular weight is 155 g/mol. The molecule has 0 unspecified atom stereocenters. The SMILES string of the molecule is CCC(=O)CCN1CCCC1. The summed E-state index contributed by atoms with van der Waals surface area (Å²) in [6, 6.07) is 0. The van der Waals surface area contributed by atoms with Crippen molar-refractivity contribution in [2.75, 3.05) is 19.6 Å². The zero-order chi connectivity index (χ0) is 8.10. The van der Waals surface area contributed by atoms with Gasteiger partial charge < -0.3 is 4.90 Å². The molecule has 0 aromatic heterocycles. The highest BCUT2D eigenvalue weighted by Crippen LogP contribution is 2.07. The minimum atomic E-state index is 0.400. The van der Waals surface area contributed by atoms with Crippen molar-refractivity contribution in [3.05, 3.63) is 0 Å². The largest absolute Gasteiger partial charge is 0.303 e. The molecular weight excluding hydrogens is 138 g/mol. The molecule has 1 fully saturated rings. The fourth-order valence-corrected chi connectivity index (χ4v) is 1.47. The Bertz CT molecular complexity index is 128. The van der Waals surface area contributed by atoms with Crippen LogP contribution in [0.25, 0.3) is 0 Å². The first-order chi connectivity index (χ1) is 5.33. The number of nitrogens with zero attached hydrogens (tertiary/aromatic N) is 1. The molecule has 1 aliphatic rings. The van der Waals surface area contributed by atoms with E-state index in [1.807, 2.05) is 6.92 Å². The standard InChI is InChI=1S/C9H17NO/c1-2-9(11)5-8-10-6-3-4-7-10/h2-8H2,1H3. The Hall–Kier alpha value is -0.370. The molecule has 0 aliphatic carbocycles. The summed E-state index contributed by atoms with van der Waals surface area (Å²) in [5.41, 5.74) is 0. The van der Waals surface area contributed by atoms with Crippen molar-refractivity contribution >= 4 is 5.78 Å². The molecule has 0 bridgehead atoms. The maximum Gasteiger partial charge on any atom is 0.133 e. The lowest BCUT2D eigenvalue weighted by molar-refractivity contribution is -0.119. The van der Waals surface area contributed by atoms with Crippen LogP contribution in [-0.4, -0.2) is 30.3 Å². The van der Waals surface area contributed by atoms with E-state index in [1.54, 1.807) is 0 Å². The number of carbonyl (C=O) groups excluding carboxylic acids is 1. The maximum absolute atomic E-state index is 10.9. The second-order valence-electron chi connectivity index (χ2n) is 3.19. The molecular formula is C9H17NO. The van der Waals surface area contributed by atoms with Crippen molar-refractivity contribution in [3.8, 4) is 0 Å². The summed E-state index contributed by atoms with van der Waals surface area (Å²) >= 11 is 0. The lowest BCUT2D eigenvalue weighted by Crippen LogP contribution is -2.22. The Morgan fingerprint density at radius 1 is 1.36 bits per heavy atom. The van der Waals surface area contributed by atoms with Crippen molar-refractivity contribution in [2.45, 2.75) is 32.6 Å². The first-order valence-corrected chi connectivity index (χ1v) is 4.57. The zero-order valence-electron chi connectivity index (χ0n) is 7.31. The molecule has 64 valence electrons. The molecule has 1 heterocycles. The topological polar surface area (TPSA) is 20.3 Å².